The van der Waals surface area contributed by atoms with Crippen LogP contribution in [0.1, 0.15) is 90.9 Å². The van der Waals surface area contributed by atoms with E-state index in [0.29, 0.717) is 23.7 Å². The zero-order valence-corrected chi connectivity index (χ0v) is 23.3. The lowest BCUT2D eigenvalue weighted by Crippen LogP contribution is -2.14. The highest BCUT2D eigenvalue weighted by atomic mass is 16.5. The Labute approximate surface area is 231 Å². The zero-order valence-electron chi connectivity index (χ0n) is 23.3. The first-order valence-corrected chi connectivity index (χ1v) is 14.3. The van der Waals surface area contributed by atoms with E-state index >= 15 is 0 Å². The van der Waals surface area contributed by atoms with Crippen LogP contribution in [0.4, 0.5) is 0 Å². The van der Waals surface area contributed by atoms with Crippen molar-refractivity contribution >= 4 is 0 Å². The monoisotopic (exact) mass is 537 g/mol. The molecule has 0 aliphatic heterocycles. The van der Waals surface area contributed by atoms with Crippen molar-refractivity contribution in [1.82, 2.24) is 15.0 Å². The van der Waals surface area contributed by atoms with Crippen LogP contribution in [0, 0.1) is 5.92 Å². The Bertz CT molecular complexity index is 1100. The summed E-state index contributed by atoms with van der Waals surface area (Å²) in [4.78, 5) is 13.4. The van der Waals surface area contributed by atoms with Gasteiger partial charge in [-0.2, -0.15) is 9.97 Å². The standard InChI is InChI=1S/C31H43N3O5/c1-3-5-7-9-10-12-14-22(13-11-8-6-4-2)21-39-31-33-29(25-17-15-23(35)19-27(25)37)32-30(34-31)26-18-16-24(36)20-28(26)38/h15-20,22,35-38H,3-14,21H2,1-2H3. The number of rotatable bonds is 17. The van der Waals surface area contributed by atoms with Crippen molar-refractivity contribution in [3.8, 4) is 51.8 Å². The largest absolute Gasteiger partial charge is 0.508 e. The molecule has 39 heavy (non-hydrogen) atoms. The fourth-order valence-electron chi connectivity index (χ4n) is 4.66. The SMILES string of the molecule is CCCCCCCCC(CCCCCC)COc1nc(-c2ccc(O)cc2O)nc(-c2ccc(O)cc2O)n1. The predicted molar refractivity (Wildman–Crippen MR) is 153 cm³/mol. The van der Waals surface area contributed by atoms with Gasteiger partial charge in [0.2, 0.25) is 0 Å². The fraction of sp³-hybridized carbons (Fsp3) is 0.516. The van der Waals surface area contributed by atoms with Gasteiger partial charge in [-0.15, -0.1) is 0 Å². The Kier molecular flexibility index (Phi) is 12.1. The normalized spacial score (nSPS) is 11.9. The van der Waals surface area contributed by atoms with Gasteiger partial charge in [-0.1, -0.05) is 78.1 Å². The van der Waals surface area contributed by atoms with E-state index in [4.69, 9.17) is 4.74 Å². The predicted octanol–water partition coefficient (Wildman–Crippen LogP) is 7.74. The molecule has 0 bridgehead atoms. The molecule has 0 saturated carbocycles. The molecule has 1 unspecified atom stereocenters. The topological polar surface area (TPSA) is 129 Å². The molecule has 2 aromatic carbocycles. The average molecular weight is 538 g/mol. The molecule has 0 fully saturated rings. The number of hydrogen-bond donors (Lipinski definition) is 4. The Balaban J connectivity index is 1.82. The van der Waals surface area contributed by atoms with Gasteiger partial charge in [0, 0.05) is 12.1 Å². The number of aromatic hydroxyl groups is 4. The molecule has 0 saturated heterocycles. The molecule has 8 heteroatoms. The van der Waals surface area contributed by atoms with Crippen molar-refractivity contribution in [2.45, 2.75) is 90.9 Å². The molecule has 0 aliphatic carbocycles. The number of unbranched alkanes of at least 4 members (excludes halogenated alkanes) is 8. The summed E-state index contributed by atoms with van der Waals surface area (Å²) < 4.78 is 6.15. The molecule has 4 N–H and O–H groups in total. The quantitative estimate of drug-likeness (QED) is 0.129. The van der Waals surface area contributed by atoms with Gasteiger partial charge in [-0.05, 0) is 43.0 Å². The average Bonchev–Trinajstić information content (AvgIpc) is 2.91. The number of benzene rings is 2. The van der Waals surface area contributed by atoms with Crippen LogP contribution >= 0.6 is 0 Å². The van der Waals surface area contributed by atoms with E-state index < -0.39 is 0 Å². The summed E-state index contributed by atoms with van der Waals surface area (Å²) >= 11 is 0. The second kappa shape index (κ2) is 15.8. The van der Waals surface area contributed by atoms with E-state index in [1.807, 2.05) is 0 Å². The molecule has 0 radical (unpaired) electrons. The molecule has 3 rings (SSSR count). The third kappa shape index (κ3) is 9.61. The first-order chi connectivity index (χ1) is 18.9. The van der Waals surface area contributed by atoms with Crippen LogP contribution in [0.3, 0.4) is 0 Å². The number of ether oxygens (including phenoxy) is 1. The molecule has 1 heterocycles. The Morgan fingerprint density at radius 2 is 1.08 bits per heavy atom. The second-order valence-electron chi connectivity index (χ2n) is 10.3. The summed E-state index contributed by atoms with van der Waals surface area (Å²) in [5.41, 5.74) is 0.588. The second-order valence-corrected chi connectivity index (χ2v) is 10.3. The third-order valence-electron chi connectivity index (χ3n) is 6.94. The Morgan fingerprint density at radius 1 is 0.615 bits per heavy atom. The molecule has 212 valence electrons. The van der Waals surface area contributed by atoms with Gasteiger partial charge in [0.25, 0.3) is 0 Å². The lowest BCUT2D eigenvalue weighted by molar-refractivity contribution is 0.210. The molecule has 3 aromatic rings. The number of aromatic nitrogens is 3. The van der Waals surface area contributed by atoms with E-state index in [1.54, 1.807) is 0 Å². The smallest absolute Gasteiger partial charge is 0.320 e. The summed E-state index contributed by atoms with van der Waals surface area (Å²) in [6, 6.07) is 8.41. The highest BCUT2D eigenvalue weighted by Gasteiger charge is 2.18. The number of phenolic OH excluding ortho intramolecular Hbond substituents is 4. The van der Waals surface area contributed by atoms with Crippen LogP contribution < -0.4 is 4.74 Å². The van der Waals surface area contributed by atoms with Crippen molar-refractivity contribution in [2.24, 2.45) is 5.92 Å². The van der Waals surface area contributed by atoms with Crippen molar-refractivity contribution in [1.29, 1.82) is 0 Å². The minimum atomic E-state index is -0.190. The summed E-state index contributed by atoms with van der Waals surface area (Å²) in [7, 11) is 0. The Hall–Kier alpha value is -3.55. The summed E-state index contributed by atoms with van der Waals surface area (Å²) in [6.07, 6.45) is 14.5. The van der Waals surface area contributed by atoms with Crippen LogP contribution in [0.2, 0.25) is 0 Å². The highest BCUT2D eigenvalue weighted by Crippen LogP contribution is 2.35. The zero-order chi connectivity index (χ0) is 28.0. The summed E-state index contributed by atoms with van der Waals surface area (Å²) in [6.45, 7) is 4.91. The minimum absolute atomic E-state index is 0.0845. The Morgan fingerprint density at radius 3 is 1.56 bits per heavy atom. The molecule has 0 amide bonds. The van der Waals surface area contributed by atoms with Gasteiger partial charge in [0.1, 0.15) is 23.0 Å². The first kappa shape index (κ1) is 30.0. The summed E-state index contributed by atoms with van der Waals surface area (Å²) in [5, 5.41) is 40.3. The molecule has 1 atom stereocenters. The summed E-state index contributed by atoms with van der Waals surface area (Å²) in [5.74, 6) is 0.124. The number of hydrogen-bond acceptors (Lipinski definition) is 8. The molecule has 0 aliphatic rings. The van der Waals surface area contributed by atoms with Gasteiger partial charge < -0.3 is 25.2 Å². The van der Waals surface area contributed by atoms with Crippen LogP contribution in [-0.2, 0) is 0 Å². The van der Waals surface area contributed by atoms with Gasteiger partial charge in [0.15, 0.2) is 11.6 Å². The van der Waals surface area contributed by atoms with Crippen molar-refractivity contribution < 1.29 is 25.2 Å². The third-order valence-corrected chi connectivity index (χ3v) is 6.94. The molecule has 8 nitrogen and oxygen atoms in total. The van der Waals surface area contributed by atoms with Crippen LogP contribution in [0.5, 0.6) is 29.0 Å². The number of phenols is 4. The van der Waals surface area contributed by atoms with Gasteiger partial charge >= 0.3 is 6.01 Å². The van der Waals surface area contributed by atoms with Gasteiger partial charge in [0.05, 0.1) is 17.7 Å². The molecule has 0 spiro atoms. The van der Waals surface area contributed by atoms with Crippen molar-refractivity contribution in [3.63, 3.8) is 0 Å². The van der Waals surface area contributed by atoms with E-state index in [9.17, 15) is 20.4 Å². The van der Waals surface area contributed by atoms with Gasteiger partial charge in [-0.25, -0.2) is 4.98 Å². The van der Waals surface area contributed by atoms with E-state index in [2.05, 4.69) is 28.8 Å². The van der Waals surface area contributed by atoms with Gasteiger partial charge in [-0.3, -0.25) is 0 Å². The maximum absolute atomic E-state index is 10.4. The molecular weight excluding hydrogens is 494 g/mol. The van der Waals surface area contributed by atoms with E-state index in [-0.39, 0.29) is 40.7 Å². The van der Waals surface area contributed by atoms with E-state index in [0.717, 1.165) is 19.3 Å². The lowest BCUT2D eigenvalue weighted by atomic mass is 9.95. The maximum Gasteiger partial charge on any atom is 0.320 e. The fourth-order valence-corrected chi connectivity index (χ4v) is 4.66. The lowest BCUT2D eigenvalue weighted by Gasteiger charge is -2.18. The van der Waals surface area contributed by atoms with Crippen molar-refractivity contribution in [3.05, 3.63) is 36.4 Å². The highest BCUT2D eigenvalue weighted by molar-refractivity contribution is 5.70. The van der Waals surface area contributed by atoms with E-state index in [1.165, 1.54) is 94.2 Å². The first-order valence-electron chi connectivity index (χ1n) is 14.3. The van der Waals surface area contributed by atoms with Crippen molar-refractivity contribution in [2.75, 3.05) is 6.61 Å². The van der Waals surface area contributed by atoms with Crippen LogP contribution in [0.25, 0.3) is 22.8 Å². The van der Waals surface area contributed by atoms with Crippen LogP contribution in [0.15, 0.2) is 36.4 Å². The minimum Gasteiger partial charge on any atom is -0.508 e. The molecule has 1 aromatic heterocycles. The number of nitrogens with zero attached hydrogens (tertiary/aromatic N) is 3. The molecular formula is C31H43N3O5. The maximum atomic E-state index is 10.4. The van der Waals surface area contributed by atoms with Crippen LogP contribution in [-0.4, -0.2) is 42.0 Å².